The first-order valence-electron chi connectivity index (χ1n) is 6.07. The normalized spacial score (nSPS) is 16.9. The minimum atomic E-state index is 0.123. The number of rotatable bonds is 4. The van der Waals surface area contributed by atoms with Crippen LogP contribution in [0.15, 0.2) is 33.0 Å². The summed E-state index contributed by atoms with van der Waals surface area (Å²) in [6.07, 6.45) is 5.84. The molecule has 0 spiro atoms. The molecule has 2 heterocycles. The van der Waals surface area contributed by atoms with Gasteiger partial charge in [-0.15, -0.1) is 0 Å². The SMILES string of the molecule is CCNC(C1=COCCC1)c1ncc(Br)cc1Br. The summed E-state index contributed by atoms with van der Waals surface area (Å²) in [5, 5.41) is 3.47. The van der Waals surface area contributed by atoms with Crippen molar-refractivity contribution in [3.05, 3.63) is 38.7 Å². The zero-order chi connectivity index (χ0) is 13.0. The largest absolute Gasteiger partial charge is 0.501 e. The summed E-state index contributed by atoms with van der Waals surface area (Å²) in [7, 11) is 0. The summed E-state index contributed by atoms with van der Waals surface area (Å²) >= 11 is 7.01. The molecular weight excluding hydrogens is 360 g/mol. The summed E-state index contributed by atoms with van der Waals surface area (Å²) in [6.45, 7) is 3.81. The molecule has 0 aromatic carbocycles. The highest BCUT2D eigenvalue weighted by Gasteiger charge is 2.21. The van der Waals surface area contributed by atoms with Crippen LogP contribution in [-0.4, -0.2) is 18.1 Å². The predicted molar refractivity (Wildman–Crippen MR) is 79.3 cm³/mol. The molecular formula is C13H16Br2N2O. The number of aromatic nitrogens is 1. The Kier molecular flexibility index (Phi) is 5.21. The monoisotopic (exact) mass is 374 g/mol. The average Bonchev–Trinajstić information content (AvgIpc) is 2.38. The van der Waals surface area contributed by atoms with E-state index in [1.165, 1.54) is 5.57 Å². The quantitative estimate of drug-likeness (QED) is 0.864. The first-order valence-corrected chi connectivity index (χ1v) is 7.66. The van der Waals surface area contributed by atoms with Gasteiger partial charge in [-0.05, 0) is 62.9 Å². The highest BCUT2D eigenvalue weighted by molar-refractivity contribution is 9.11. The summed E-state index contributed by atoms with van der Waals surface area (Å²) in [5.41, 5.74) is 2.27. The second-order valence-electron chi connectivity index (χ2n) is 4.18. The van der Waals surface area contributed by atoms with E-state index in [-0.39, 0.29) is 6.04 Å². The summed E-state index contributed by atoms with van der Waals surface area (Å²) in [5.74, 6) is 0. The first-order chi connectivity index (χ1) is 8.72. The zero-order valence-electron chi connectivity index (χ0n) is 10.2. The predicted octanol–water partition coefficient (Wildman–Crippen LogP) is 3.95. The number of pyridine rings is 1. The van der Waals surface area contributed by atoms with Crippen LogP contribution in [0.1, 0.15) is 31.5 Å². The van der Waals surface area contributed by atoms with E-state index in [0.717, 1.165) is 40.6 Å². The third-order valence-corrected chi connectivity index (χ3v) is 3.92. The van der Waals surface area contributed by atoms with Crippen LogP contribution < -0.4 is 5.32 Å². The lowest BCUT2D eigenvalue weighted by Gasteiger charge is -2.24. The Morgan fingerprint density at radius 1 is 1.50 bits per heavy atom. The maximum absolute atomic E-state index is 5.44. The average molecular weight is 376 g/mol. The molecule has 0 aliphatic carbocycles. The Labute approximate surface area is 124 Å². The number of halogens is 2. The van der Waals surface area contributed by atoms with Gasteiger partial charge in [0.15, 0.2) is 0 Å². The van der Waals surface area contributed by atoms with Crippen molar-refractivity contribution in [2.45, 2.75) is 25.8 Å². The molecule has 0 saturated carbocycles. The second-order valence-corrected chi connectivity index (χ2v) is 5.95. The van der Waals surface area contributed by atoms with E-state index in [1.807, 2.05) is 18.5 Å². The molecule has 18 heavy (non-hydrogen) atoms. The molecule has 2 rings (SSSR count). The van der Waals surface area contributed by atoms with Crippen LogP contribution in [-0.2, 0) is 4.74 Å². The Hall–Kier alpha value is -0.390. The van der Waals surface area contributed by atoms with Crippen LogP contribution in [0.3, 0.4) is 0 Å². The lowest BCUT2D eigenvalue weighted by atomic mass is 9.99. The van der Waals surface area contributed by atoms with Crippen molar-refractivity contribution in [3.63, 3.8) is 0 Å². The van der Waals surface area contributed by atoms with Crippen molar-refractivity contribution in [1.82, 2.24) is 10.3 Å². The van der Waals surface area contributed by atoms with Gasteiger partial charge in [-0.1, -0.05) is 6.92 Å². The molecule has 0 amide bonds. The topological polar surface area (TPSA) is 34.1 Å². The molecule has 0 saturated heterocycles. The lowest BCUT2D eigenvalue weighted by molar-refractivity contribution is 0.219. The Balaban J connectivity index is 2.31. The molecule has 1 aromatic rings. The van der Waals surface area contributed by atoms with Gasteiger partial charge in [0.25, 0.3) is 0 Å². The van der Waals surface area contributed by atoms with Gasteiger partial charge in [0.1, 0.15) is 0 Å². The molecule has 98 valence electrons. The van der Waals surface area contributed by atoms with E-state index in [0.29, 0.717) is 0 Å². The molecule has 3 nitrogen and oxygen atoms in total. The molecule has 1 atom stereocenters. The molecule has 1 aliphatic heterocycles. The Morgan fingerprint density at radius 2 is 2.33 bits per heavy atom. The molecule has 1 N–H and O–H groups in total. The van der Waals surface area contributed by atoms with Crippen molar-refractivity contribution in [2.24, 2.45) is 0 Å². The van der Waals surface area contributed by atoms with Crippen LogP contribution in [0, 0.1) is 0 Å². The number of likely N-dealkylation sites (N-methyl/N-ethyl adjacent to an activating group) is 1. The van der Waals surface area contributed by atoms with Crippen LogP contribution in [0.4, 0.5) is 0 Å². The minimum absolute atomic E-state index is 0.123. The highest BCUT2D eigenvalue weighted by Crippen LogP contribution is 2.31. The lowest BCUT2D eigenvalue weighted by Crippen LogP contribution is -2.25. The van der Waals surface area contributed by atoms with E-state index < -0.39 is 0 Å². The fraction of sp³-hybridized carbons (Fsp3) is 0.462. The van der Waals surface area contributed by atoms with Gasteiger partial charge in [0.2, 0.25) is 0 Å². The van der Waals surface area contributed by atoms with Crippen LogP contribution >= 0.6 is 31.9 Å². The molecule has 0 fully saturated rings. The highest BCUT2D eigenvalue weighted by atomic mass is 79.9. The number of nitrogens with zero attached hydrogens (tertiary/aromatic N) is 1. The van der Waals surface area contributed by atoms with Gasteiger partial charge in [-0.25, -0.2) is 0 Å². The number of hydrogen-bond acceptors (Lipinski definition) is 3. The van der Waals surface area contributed by atoms with Crippen molar-refractivity contribution in [2.75, 3.05) is 13.2 Å². The smallest absolute Gasteiger partial charge is 0.0876 e. The van der Waals surface area contributed by atoms with E-state index in [1.54, 1.807) is 0 Å². The first kappa shape index (κ1) is 14.0. The zero-order valence-corrected chi connectivity index (χ0v) is 13.4. The summed E-state index contributed by atoms with van der Waals surface area (Å²) in [6, 6.07) is 2.15. The Bertz CT molecular complexity index is 449. The van der Waals surface area contributed by atoms with Gasteiger partial charge in [-0.2, -0.15) is 0 Å². The number of nitrogens with one attached hydrogen (secondary N) is 1. The van der Waals surface area contributed by atoms with Crippen LogP contribution in [0.25, 0.3) is 0 Å². The van der Waals surface area contributed by atoms with Gasteiger partial charge >= 0.3 is 0 Å². The fourth-order valence-corrected chi connectivity index (χ4v) is 3.26. The molecule has 1 aliphatic rings. The standard InChI is InChI=1S/C13H16Br2N2O/c1-2-16-12(9-4-3-5-18-8-9)13-11(15)6-10(14)7-17-13/h6-8,12,16H,2-5H2,1H3. The minimum Gasteiger partial charge on any atom is -0.501 e. The maximum Gasteiger partial charge on any atom is 0.0876 e. The van der Waals surface area contributed by atoms with Gasteiger partial charge < -0.3 is 10.1 Å². The van der Waals surface area contributed by atoms with Crippen molar-refractivity contribution in [1.29, 1.82) is 0 Å². The van der Waals surface area contributed by atoms with E-state index in [9.17, 15) is 0 Å². The fourth-order valence-electron chi connectivity index (χ4n) is 2.04. The van der Waals surface area contributed by atoms with Gasteiger partial charge in [0.05, 0.1) is 24.6 Å². The molecule has 5 heteroatoms. The maximum atomic E-state index is 5.44. The molecule has 0 bridgehead atoms. The molecule has 0 radical (unpaired) electrons. The van der Waals surface area contributed by atoms with Gasteiger partial charge in [0, 0.05) is 15.1 Å². The summed E-state index contributed by atoms with van der Waals surface area (Å²) in [4.78, 5) is 4.52. The third kappa shape index (κ3) is 3.33. The Morgan fingerprint density at radius 3 is 2.94 bits per heavy atom. The van der Waals surface area contributed by atoms with Crippen LogP contribution in [0.2, 0.25) is 0 Å². The number of ether oxygens (including phenoxy) is 1. The van der Waals surface area contributed by atoms with E-state index >= 15 is 0 Å². The van der Waals surface area contributed by atoms with Crippen molar-refractivity contribution >= 4 is 31.9 Å². The second kappa shape index (κ2) is 6.68. The third-order valence-electron chi connectivity index (χ3n) is 2.85. The molecule has 1 aromatic heterocycles. The van der Waals surface area contributed by atoms with Crippen molar-refractivity contribution < 1.29 is 4.74 Å². The number of hydrogen-bond donors (Lipinski definition) is 1. The van der Waals surface area contributed by atoms with Gasteiger partial charge in [-0.3, -0.25) is 4.98 Å². The van der Waals surface area contributed by atoms with E-state index in [2.05, 4.69) is 49.1 Å². The molecule has 1 unspecified atom stereocenters. The summed E-state index contributed by atoms with van der Waals surface area (Å²) < 4.78 is 7.42. The van der Waals surface area contributed by atoms with Crippen molar-refractivity contribution in [3.8, 4) is 0 Å². The van der Waals surface area contributed by atoms with Crippen LogP contribution in [0.5, 0.6) is 0 Å². The van der Waals surface area contributed by atoms with E-state index in [4.69, 9.17) is 4.74 Å².